The summed E-state index contributed by atoms with van der Waals surface area (Å²) >= 11 is 1.45. The highest BCUT2D eigenvalue weighted by Crippen LogP contribution is 2.27. The molecule has 1 amide bonds. The first-order chi connectivity index (χ1) is 11.6. The third-order valence-electron chi connectivity index (χ3n) is 3.78. The lowest BCUT2D eigenvalue weighted by atomic mass is 10.2. The van der Waals surface area contributed by atoms with Crippen molar-refractivity contribution in [3.63, 3.8) is 0 Å². The van der Waals surface area contributed by atoms with E-state index in [1.807, 2.05) is 45.0 Å². The number of nitrogens with zero attached hydrogens (tertiary/aromatic N) is 2. The van der Waals surface area contributed by atoms with Gasteiger partial charge in [0.2, 0.25) is 0 Å². The van der Waals surface area contributed by atoms with Gasteiger partial charge in [-0.3, -0.25) is 4.79 Å². The van der Waals surface area contributed by atoms with Crippen LogP contribution in [0.5, 0.6) is 0 Å². The molecule has 126 valence electrons. The van der Waals surface area contributed by atoms with Crippen molar-refractivity contribution in [2.45, 2.75) is 31.7 Å². The second-order valence-electron chi connectivity index (χ2n) is 5.48. The zero-order valence-corrected chi connectivity index (χ0v) is 14.9. The largest absolute Gasteiger partial charge is 0.455 e. The summed E-state index contributed by atoms with van der Waals surface area (Å²) in [5.74, 6) is 1.60. The first-order valence-electron chi connectivity index (χ1n) is 7.98. The molecule has 0 fully saturated rings. The lowest BCUT2D eigenvalue weighted by molar-refractivity contribution is 0.0739. The molecule has 0 unspecified atom stereocenters. The number of amides is 1. The molecule has 0 atom stereocenters. The molecule has 3 aromatic rings. The van der Waals surface area contributed by atoms with Crippen molar-refractivity contribution in [2.75, 3.05) is 13.1 Å². The molecule has 2 aromatic heterocycles. The van der Waals surface area contributed by atoms with Crippen molar-refractivity contribution in [3.05, 3.63) is 47.4 Å². The van der Waals surface area contributed by atoms with Crippen molar-refractivity contribution in [1.29, 1.82) is 0 Å². The fraction of sp³-hybridized carbons (Fsp3) is 0.333. The van der Waals surface area contributed by atoms with E-state index in [9.17, 15) is 4.79 Å². The Balaban J connectivity index is 1.67. The zero-order valence-electron chi connectivity index (χ0n) is 14.0. The lowest BCUT2D eigenvalue weighted by Gasteiger charge is -2.16. The average Bonchev–Trinajstić information content (AvgIpc) is 3.20. The second-order valence-corrected chi connectivity index (χ2v) is 6.41. The van der Waals surface area contributed by atoms with E-state index in [1.165, 1.54) is 11.8 Å². The van der Waals surface area contributed by atoms with Crippen molar-refractivity contribution >= 4 is 28.8 Å². The molecule has 0 bridgehead atoms. The Kier molecular flexibility index (Phi) is 4.94. The Hall–Kier alpha value is -2.21. The monoisotopic (exact) mass is 344 g/mol. The number of furan rings is 1. The molecule has 0 aliphatic heterocycles. The van der Waals surface area contributed by atoms with Gasteiger partial charge in [-0.15, -0.1) is 0 Å². The third-order valence-corrected chi connectivity index (χ3v) is 4.63. The average molecular weight is 344 g/mol. The number of thioether (sulfide) groups is 1. The quantitative estimate of drug-likeness (QED) is 0.616. The highest BCUT2D eigenvalue weighted by molar-refractivity contribution is 7.98. The molecule has 0 aliphatic carbocycles. The van der Waals surface area contributed by atoms with Crippen LogP contribution in [0.3, 0.4) is 0 Å². The summed E-state index contributed by atoms with van der Waals surface area (Å²) < 4.78 is 11.4. The first-order valence-corrected chi connectivity index (χ1v) is 8.97. The summed E-state index contributed by atoms with van der Waals surface area (Å²) in [5.41, 5.74) is 2.78. The Bertz CT molecular complexity index is 849. The summed E-state index contributed by atoms with van der Waals surface area (Å²) in [6.45, 7) is 7.27. The molecular weight excluding hydrogens is 324 g/mol. The van der Waals surface area contributed by atoms with Crippen LogP contribution in [-0.4, -0.2) is 28.9 Å². The fourth-order valence-electron chi connectivity index (χ4n) is 2.45. The maximum Gasteiger partial charge on any atom is 0.289 e. The number of aryl methyl sites for hydroxylation is 1. The van der Waals surface area contributed by atoms with Gasteiger partial charge in [0, 0.05) is 13.1 Å². The predicted molar refractivity (Wildman–Crippen MR) is 94.3 cm³/mol. The zero-order chi connectivity index (χ0) is 17.1. The minimum absolute atomic E-state index is 0.0754. The molecule has 0 radical (unpaired) electrons. The number of rotatable bonds is 6. The van der Waals surface area contributed by atoms with Gasteiger partial charge < -0.3 is 13.7 Å². The molecule has 2 heterocycles. The molecule has 0 saturated carbocycles. The minimum atomic E-state index is -0.0754. The Morgan fingerprint density at radius 1 is 1.17 bits per heavy atom. The van der Waals surface area contributed by atoms with Crippen molar-refractivity contribution in [1.82, 2.24) is 9.88 Å². The van der Waals surface area contributed by atoms with E-state index in [0.717, 1.165) is 22.4 Å². The van der Waals surface area contributed by atoms with Gasteiger partial charge in [-0.25, -0.2) is 4.98 Å². The van der Waals surface area contributed by atoms with Crippen molar-refractivity contribution < 1.29 is 13.6 Å². The summed E-state index contributed by atoms with van der Waals surface area (Å²) in [4.78, 5) is 18.4. The lowest BCUT2D eigenvalue weighted by Crippen LogP contribution is -2.30. The number of fused-ring (bicyclic) bond motifs is 1. The van der Waals surface area contributed by atoms with Gasteiger partial charge >= 0.3 is 0 Å². The van der Waals surface area contributed by atoms with Crippen LogP contribution in [0.25, 0.3) is 11.1 Å². The van der Waals surface area contributed by atoms with Crippen LogP contribution in [0, 0.1) is 6.92 Å². The summed E-state index contributed by atoms with van der Waals surface area (Å²) in [6, 6.07) is 9.48. The summed E-state index contributed by atoms with van der Waals surface area (Å²) in [5, 5.41) is 0.601. The topological polar surface area (TPSA) is 59.5 Å². The molecule has 24 heavy (non-hydrogen) atoms. The van der Waals surface area contributed by atoms with Gasteiger partial charge in [-0.1, -0.05) is 17.8 Å². The molecule has 0 aliphatic rings. The second kappa shape index (κ2) is 7.13. The number of oxazole rings is 1. The van der Waals surface area contributed by atoms with Crippen LogP contribution in [0.2, 0.25) is 0 Å². The van der Waals surface area contributed by atoms with E-state index in [-0.39, 0.29) is 5.91 Å². The molecule has 3 rings (SSSR count). The maximum atomic E-state index is 12.2. The Morgan fingerprint density at radius 3 is 2.71 bits per heavy atom. The Morgan fingerprint density at radius 2 is 1.96 bits per heavy atom. The highest BCUT2D eigenvalue weighted by Gasteiger charge is 2.17. The molecule has 0 spiro atoms. The predicted octanol–water partition coefficient (Wildman–Crippen LogP) is 4.50. The van der Waals surface area contributed by atoms with Gasteiger partial charge in [-0.05, 0) is 50.6 Å². The number of carbonyl (C=O) groups excluding carboxylic acids is 1. The molecule has 5 nitrogen and oxygen atoms in total. The highest BCUT2D eigenvalue weighted by atomic mass is 32.2. The van der Waals surface area contributed by atoms with E-state index < -0.39 is 0 Å². The number of hydrogen-bond acceptors (Lipinski definition) is 5. The van der Waals surface area contributed by atoms with Gasteiger partial charge in [0.25, 0.3) is 11.1 Å². The van der Waals surface area contributed by atoms with Crippen LogP contribution >= 0.6 is 11.8 Å². The SMILES string of the molecule is CCN(CC)C(=O)c1ccc(CSc2nc3cc(C)ccc3o2)o1. The van der Waals surface area contributed by atoms with Gasteiger partial charge in [-0.2, -0.15) is 0 Å². The maximum absolute atomic E-state index is 12.2. The summed E-state index contributed by atoms with van der Waals surface area (Å²) in [6.07, 6.45) is 0. The van der Waals surface area contributed by atoms with Crippen molar-refractivity contribution in [3.8, 4) is 0 Å². The van der Waals surface area contributed by atoms with Gasteiger partial charge in [0.15, 0.2) is 11.3 Å². The van der Waals surface area contributed by atoms with Gasteiger partial charge in [0.05, 0.1) is 5.75 Å². The molecule has 0 saturated heterocycles. The first kappa shape index (κ1) is 16.6. The van der Waals surface area contributed by atoms with Crippen LogP contribution in [0.15, 0.2) is 44.4 Å². The molecule has 0 N–H and O–H groups in total. The number of aromatic nitrogens is 1. The third kappa shape index (κ3) is 3.48. The number of benzene rings is 1. The van der Waals surface area contributed by atoms with E-state index in [0.29, 0.717) is 29.8 Å². The fourth-order valence-corrected chi connectivity index (χ4v) is 3.18. The van der Waals surface area contributed by atoms with Crippen LogP contribution < -0.4 is 0 Å². The standard InChI is InChI=1S/C18H20N2O3S/c1-4-20(5-2)17(21)16-9-7-13(22-16)11-24-18-19-14-10-12(3)6-8-15(14)23-18/h6-10H,4-5,11H2,1-3H3. The van der Waals surface area contributed by atoms with Crippen molar-refractivity contribution in [2.24, 2.45) is 0 Å². The normalized spacial score (nSPS) is 11.1. The van der Waals surface area contributed by atoms with Crippen LogP contribution in [0.4, 0.5) is 0 Å². The minimum Gasteiger partial charge on any atom is -0.455 e. The van der Waals surface area contributed by atoms with E-state index in [2.05, 4.69) is 4.98 Å². The van der Waals surface area contributed by atoms with Crippen LogP contribution in [-0.2, 0) is 5.75 Å². The van der Waals surface area contributed by atoms with E-state index in [4.69, 9.17) is 8.83 Å². The number of carbonyl (C=O) groups is 1. The molecule has 1 aromatic carbocycles. The van der Waals surface area contributed by atoms with Gasteiger partial charge in [0.1, 0.15) is 11.3 Å². The Labute approximate surface area is 145 Å². The molecular formula is C18H20N2O3S. The summed E-state index contributed by atoms with van der Waals surface area (Å²) in [7, 11) is 0. The number of hydrogen-bond donors (Lipinski definition) is 0. The van der Waals surface area contributed by atoms with Crippen LogP contribution in [0.1, 0.15) is 35.7 Å². The molecule has 6 heteroatoms. The smallest absolute Gasteiger partial charge is 0.289 e. The van der Waals surface area contributed by atoms with E-state index in [1.54, 1.807) is 11.0 Å². The van der Waals surface area contributed by atoms with E-state index >= 15 is 0 Å².